The zero-order valence-electron chi connectivity index (χ0n) is 19.1. The second-order valence-electron chi connectivity index (χ2n) is 8.66. The number of likely N-dealkylation sites (tertiary alicyclic amines) is 1. The fraction of sp³-hybridized carbons (Fsp3) is 0.417. The standard InChI is InChI=1S/C24H29F3N4O3/c1-15(2)17-5-3-16(4-6-17)13-31-10-9-18(14-31)30-22(32)12-29-23(33)20-11-19(7-8-21(20)28)34-24(25,26)27/h3-8,11,15,18H,9-10,12-14,28H2,1-2H3,(H,29,33)(H,30,32)/t18-/m1/s1. The van der Waals surface area contributed by atoms with Gasteiger partial charge in [-0.3, -0.25) is 14.5 Å². The number of nitrogen functional groups attached to an aromatic ring is 1. The third-order valence-electron chi connectivity index (χ3n) is 5.60. The number of nitrogens with two attached hydrogens (primary N) is 1. The van der Waals surface area contributed by atoms with Crippen LogP contribution in [0.1, 0.15) is 47.7 Å². The van der Waals surface area contributed by atoms with Gasteiger partial charge in [0.25, 0.3) is 5.91 Å². The molecule has 1 aliphatic heterocycles. The number of halogens is 3. The minimum absolute atomic E-state index is 0.0275. The summed E-state index contributed by atoms with van der Waals surface area (Å²) in [6.45, 7) is 6.30. The first-order chi connectivity index (χ1) is 16.0. The highest BCUT2D eigenvalue weighted by Crippen LogP contribution is 2.26. The van der Waals surface area contributed by atoms with Crippen LogP contribution in [-0.4, -0.2) is 48.8 Å². The van der Waals surface area contributed by atoms with Gasteiger partial charge in [0.05, 0.1) is 12.1 Å². The van der Waals surface area contributed by atoms with E-state index in [1.165, 1.54) is 11.1 Å². The normalized spacial score (nSPS) is 16.5. The Bertz CT molecular complexity index is 1010. The number of rotatable bonds is 8. The Hall–Kier alpha value is -3.27. The van der Waals surface area contributed by atoms with E-state index in [0.717, 1.165) is 37.7 Å². The van der Waals surface area contributed by atoms with E-state index in [2.05, 4.69) is 58.4 Å². The molecule has 3 rings (SSSR count). The van der Waals surface area contributed by atoms with Crippen molar-refractivity contribution in [2.45, 2.75) is 45.1 Å². The molecule has 184 valence electrons. The Morgan fingerprint density at radius 3 is 2.53 bits per heavy atom. The fourth-order valence-corrected chi connectivity index (χ4v) is 3.82. The minimum Gasteiger partial charge on any atom is -0.406 e. The average molecular weight is 479 g/mol. The van der Waals surface area contributed by atoms with E-state index in [1.807, 2.05) is 0 Å². The molecule has 2 amide bonds. The van der Waals surface area contributed by atoms with Crippen molar-refractivity contribution in [3.05, 3.63) is 59.2 Å². The van der Waals surface area contributed by atoms with Crippen LogP contribution in [0.15, 0.2) is 42.5 Å². The molecule has 10 heteroatoms. The Labute approximate surface area is 196 Å². The van der Waals surface area contributed by atoms with E-state index in [9.17, 15) is 22.8 Å². The van der Waals surface area contributed by atoms with Crippen molar-refractivity contribution in [1.29, 1.82) is 0 Å². The highest BCUT2D eigenvalue weighted by molar-refractivity contribution is 6.01. The molecule has 1 atom stereocenters. The van der Waals surface area contributed by atoms with Gasteiger partial charge in [-0.05, 0) is 41.7 Å². The molecule has 0 aromatic heterocycles. The zero-order valence-corrected chi connectivity index (χ0v) is 19.1. The molecule has 0 spiro atoms. The highest BCUT2D eigenvalue weighted by atomic mass is 19.4. The quantitative estimate of drug-likeness (QED) is 0.506. The lowest BCUT2D eigenvalue weighted by Crippen LogP contribution is -2.43. The SMILES string of the molecule is CC(C)c1ccc(CN2CC[C@@H](NC(=O)CNC(=O)c3cc(OC(F)(F)F)ccc3N)C2)cc1. The average Bonchev–Trinajstić information content (AvgIpc) is 3.19. The van der Waals surface area contributed by atoms with Gasteiger partial charge in [-0.1, -0.05) is 38.1 Å². The van der Waals surface area contributed by atoms with E-state index >= 15 is 0 Å². The van der Waals surface area contributed by atoms with E-state index in [1.54, 1.807) is 0 Å². The van der Waals surface area contributed by atoms with Crippen LogP contribution in [0.2, 0.25) is 0 Å². The van der Waals surface area contributed by atoms with Crippen molar-refractivity contribution in [2.75, 3.05) is 25.4 Å². The lowest BCUT2D eigenvalue weighted by atomic mass is 10.0. The van der Waals surface area contributed by atoms with Crippen molar-refractivity contribution in [1.82, 2.24) is 15.5 Å². The highest BCUT2D eigenvalue weighted by Gasteiger charge is 2.31. The summed E-state index contributed by atoms with van der Waals surface area (Å²) >= 11 is 0. The van der Waals surface area contributed by atoms with Crippen LogP contribution in [0.25, 0.3) is 0 Å². The van der Waals surface area contributed by atoms with E-state index in [0.29, 0.717) is 12.5 Å². The van der Waals surface area contributed by atoms with Crippen LogP contribution < -0.4 is 21.1 Å². The number of nitrogens with zero attached hydrogens (tertiary/aromatic N) is 1. The molecule has 1 heterocycles. The Balaban J connectivity index is 1.45. The van der Waals surface area contributed by atoms with Crippen LogP contribution in [-0.2, 0) is 11.3 Å². The van der Waals surface area contributed by atoms with Gasteiger partial charge in [-0.15, -0.1) is 13.2 Å². The van der Waals surface area contributed by atoms with E-state index in [4.69, 9.17) is 5.73 Å². The van der Waals surface area contributed by atoms with Crippen LogP contribution in [0.5, 0.6) is 5.75 Å². The molecule has 1 fully saturated rings. The van der Waals surface area contributed by atoms with Crippen molar-refractivity contribution < 1.29 is 27.5 Å². The number of anilines is 1. The van der Waals surface area contributed by atoms with Gasteiger partial charge in [0.2, 0.25) is 5.91 Å². The first kappa shape index (κ1) is 25.4. The molecule has 0 unspecified atom stereocenters. The Morgan fingerprint density at radius 2 is 1.88 bits per heavy atom. The van der Waals surface area contributed by atoms with Gasteiger partial charge in [-0.2, -0.15) is 0 Å². The van der Waals surface area contributed by atoms with E-state index < -0.39 is 18.0 Å². The molecule has 0 bridgehead atoms. The number of carbonyl (C=O) groups is 2. The van der Waals surface area contributed by atoms with Gasteiger partial charge < -0.3 is 21.1 Å². The third-order valence-corrected chi connectivity index (χ3v) is 5.60. The lowest BCUT2D eigenvalue weighted by molar-refractivity contribution is -0.274. The molecular weight excluding hydrogens is 449 g/mol. The summed E-state index contributed by atoms with van der Waals surface area (Å²) in [5, 5.41) is 5.27. The van der Waals surface area contributed by atoms with Gasteiger partial charge in [0, 0.05) is 31.4 Å². The topological polar surface area (TPSA) is 96.7 Å². The van der Waals surface area contributed by atoms with Crippen LogP contribution in [0, 0.1) is 0 Å². The van der Waals surface area contributed by atoms with Gasteiger partial charge in [0.1, 0.15) is 5.75 Å². The zero-order chi connectivity index (χ0) is 24.9. The third kappa shape index (κ3) is 7.38. The summed E-state index contributed by atoms with van der Waals surface area (Å²) in [4.78, 5) is 26.9. The first-order valence-electron chi connectivity index (χ1n) is 11.0. The predicted molar refractivity (Wildman–Crippen MR) is 122 cm³/mol. The van der Waals surface area contributed by atoms with E-state index in [-0.39, 0.29) is 29.7 Å². The molecule has 1 saturated heterocycles. The smallest absolute Gasteiger partial charge is 0.406 e. The predicted octanol–water partition coefficient (Wildman–Crippen LogP) is 3.41. The monoisotopic (exact) mass is 478 g/mol. The van der Waals surface area contributed by atoms with Crippen LogP contribution in [0.4, 0.5) is 18.9 Å². The number of hydrogen-bond acceptors (Lipinski definition) is 5. The molecule has 2 aromatic carbocycles. The molecule has 34 heavy (non-hydrogen) atoms. The van der Waals surface area contributed by atoms with Crippen LogP contribution in [0.3, 0.4) is 0 Å². The number of alkyl halides is 3. The van der Waals surface area contributed by atoms with Crippen molar-refractivity contribution >= 4 is 17.5 Å². The van der Waals surface area contributed by atoms with Crippen LogP contribution >= 0.6 is 0 Å². The molecule has 0 radical (unpaired) electrons. The largest absolute Gasteiger partial charge is 0.573 e. The number of amides is 2. The molecule has 4 N–H and O–H groups in total. The fourth-order valence-electron chi connectivity index (χ4n) is 3.82. The van der Waals surface area contributed by atoms with Gasteiger partial charge in [-0.25, -0.2) is 0 Å². The molecular formula is C24H29F3N4O3. The van der Waals surface area contributed by atoms with Crippen molar-refractivity contribution in [3.8, 4) is 5.75 Å². The summed E-state index contributed by atoms with van der Waals surface area (Å²) in [5.41, 5.74) is 7.96. The summed E-state index contributed by atoms with van der Waals surface area (Å²) in [5.74, 6) is -1.24. The second kappa shape index (κ2) is 10.8. The molecule has 1 aliphatic rings. The Morgan fingerprint density at radius 1 is 1.18 bits per heavy atom. The maximum Gasteiger partial charge on any atom is 0.573 e. The van der Waals surface area contributed by atoms with Crippen molar-refractivity contribution in [2.24, 2.45) is 0 Å². The molecule has 2 aromatic rings. The number of nitrogens with one attached hydrogen (secondary N) is 2. The summed E-state index contributed by atoms with van der Waals surface area (Å²) in [6.07, 6.45) is -4.11. The number of benzene rings is 2. The number of ether oxygens (including phenoxy) is 1. The summed E-state index contributed by atoms with van der Waals surface area (Å²) in [6, 6.07) is 11.5. The maximum atomic E-state index is 12.4. The Kier molecular flexibility index (Phi) is 8.03. The lowest BCUT2D eigenvalue weighted by Gasteiger charge is -2.17. The van der Waals surface area contributed by atoms with Gasteiger partial charge in [0.15, 0.2) is 0 Å². The number of carbonyl (C=O) groups excluding carboxylic acids is 2. The molecule has 0 aliphatic carbocycles. The van der Waals surface area contributed by atoms with Gasteiger partial charge >= 0.3 is 6.36 Å². The summed E-state index contributed by atoms with van der Waals surface area (Å²) in [7, 11) is 0. The minimum atomic E-state index is -4.89. The summed E-state index contributed by atoms with van der Waals surface area (Å²) < 4.78 is 41.0. The molecule has 7 nitrogen and oxygen atoms in total. The maximum absolute atomic E-state index is 12.4. The molecule has 0 saturated carbocycles. The second-order valence-corrected chi connectivity index (χ2v) is 8.66. The number of hydrogen-bond donors (Lipinski definition) is 3. The van der Waals surface area contributed by atoms with Crippen molar-refractivity contribution in [3.63, 3.8) is 0 Å². The first-order valence-corrected chi connectivity index (χ1v) is 11.0.